The predicted octanol–water partition coefficient (Wildman–Crippen LogP) is -1.71. The molecule has 1 amide bonds. The van der Waals surface area contributed by atoms with Gasteiger partial charge in [0.2, 0.25) is 0 Å². The molecule has 2 aromatic rings. The molecule has 0 unspecified atom stereocenters. The van der Waals surface area contributed by atoms with Gasteiger partial charge in [-0.3, -0.25) is 4.79 Å². The highest BCUT2D eigenvalue weighted by Gasteiger charge is 2.44. The molecule has 0 saturated carbocycles. The first-order valence-electron chi connectivity index (χ1n) is 7.48. The maximum absolute atomic E-state index is 11.7. The van der Waals surface area contributed by atoms with Gasteiger partial charge in [0.05, 0.1) is 17.6 Å². The molecule has 4 atom stereocenters. The molecule has 24 heavy (non-hydrogen) atoms. The zero-order valence-electron chi connectivity index (χ0n) is 13.0. The highest BCUT2D eigenvalue weighted by molar-refractivity contribution is 6.08. The molecule has 0 aliphatic carbocycles. The van der Waals surface area contributed by atoms with Crippen LogP contribution >= 0.6 is 0 Å². The number of primary amides is 1. The van der Waals surface area contributed by atoms with Crippen LogP contribution in [0.15, 0.2) is 6.20 Å². The van der Waals surface area contributed by atoms with Gasteiger partial charge in [0, 0.05) is 12.6 Å². The summed E-state index contributed by atoms with van der Waals surface area (Å²) in [5.74, 6) is -0.191. The van der Waals surface area contributed by atoms with Gasteiger partial charge in [-0.25, -0.2) is 9.97 Å². The maximum Gasteiger partial charge on any atom is 0.251 e. The van der Waals surface area contributed by atoms with Crippen LogP contribution in [-0.2, 0) is 11.2 Å². The second-order valence-corrected chi connectivity index (χ2v) is 5.62. The van der Waals surface area contributed by atoms with Gasteiger partial charge in [0.15, 0.2) is 6.23 Å². The molecule has 1 saturated heterocycles. The number of aryl methyl sites for hydroxylation is 1. The first-order chi connectivity index (χ1) is 11.4. The van der Waals surface area contributed by atoms with Crippen LogP contribution in [0.25, 0.3) is 11.0 Å². The van der Waals surface area contributed by atoms with Crippen molar-refractivity contribution in [1.29, 1.82) is 0 Å². The van der Waals surface area contributed by atoms with Crippen molar-refractivity contribution in [2.45, 2.75) is 37.9 Å². The van der Waals surface area contributed by atoms with Gasteiger partial charge in [-0.1, -0.05) is 6.92 Å². The first-order valence-corrected chi connectivity index (χ1v) is 7.48. The Morgan fingerprint density at radius 3 is 2.62 bits per heavy atom. The summed E-state index contributed by atoms with van der Waals surface area (Å²) in [6, 6.07) is 0. The standard InChI is InChI=1S/C14H19N5O5/c1-2-7-17-11(15)8-5(12(16)23)3-19(13(8)18-7)14-10(22)9(21)6(4-20)24-14/h3,6,9-10,14,20-22H,2,4H2,1H3,(H2,16,23)(H2,15,17,18)/t6-,9+,10-,14-/m0/s1. The number of hydrogen-bond donors (Lipinski definition) is 5. The van der Waals surface area contributed by atoms with E-state index in [9.17, 15) is 20.1 Å². The van der Waals surface area contributed by atoms with Crippen LogP contribution in [-0.4, -0.2) is 60.7 Å². The molecule has 0 radical (unpaired) electrons. The largest absolute Gasteiger partial charge is 0.394 e. The number of ether oxygens (including phenoxy) is 1. The molecule has 0 bridgehead atoms. The molecular formula is C14H19N5O5. The van der Waals surface area contributed by atoms with E-state index in [1.54, 1.807) is 0 Å². The molecular weight excluding hydrogens is 318 g/mol. The number of aliphatic hydroxyl groups is 3. The van der Waals surface area contributed by atoms with Gasteiger partial charge in [0.25, 0.3) is 5.91 Å². The van der Waals surface area contributed by atoms with Crippen molar-refractivity contribution in [1.82, 2.24) is 14.5 Å². The predicted molar refractivity (Wildman–Crippen MR) is 82.8 cm³/mol. The number of carbonyl (C=O) groups is 1. The Morgan fingerprint density at radius 2 is 2.08 bits per heavy atom. The van der Waals surface area contributed by atoms with Gasteiger partial charge in [-0.05, 0) is 0 Å². The number of rotatable bonds is 4. The number of nitrogens with two attached hydrogens (primary N) is 2. The summed E-state index contributed by atoms with van der Waals surface area (Å²) in [6.45, 7) is 1.38. The fraction of sp³-hybridized carbons (Fsp3) is 0.500. The van der Waals surface area contributed by atoms with Gasteiger partial charge >= 0.3 is 0 Å². The highest BCUT2D eigenvalue weighted by atomic mass is 16.6. The first kappa shape index (κ1) is 16.6. The molecule has 1 aliphatic heterocycles. The third kappa shape index (κ3) is 2.40. The van der Waals surface area contributed by atoms with Gasteiger partial charge < -0.3 is 36.1 Å². The normalized spacial score (nSPS) is 27.0. The number of fused-ring (bicyclic) bond motifs is 1. The number of carbonyl (C=O) groups excluding carboxylic acids is 1. The van der Waals surface area contributed by atoms with Crippen LogP contribution in [0.4, 0.5) is 5.82 Å². The van der Waals surface area contributed by atoms with E-state index in [1.807, 2.05) is 6.92 Å². The maximum atomic E-state index is 11.7. The third-order valence-corrected chi connectivity index (χ3v) is 4.12. The molecule has 10 heteroatoms. The van der Waals surface area contributed by atoms with Crippen molar-refractivity contribution in [2.75, 3.05) is 12.3 Å². The quantitative estimate of drug-likeness (QED) is 0.439. The topological polar surface area (TPSA) is 170 Å². The van der Waals surface area contributed by atoms with E-state index in [-0.39, 0.29) is 22.4 Å². The minimum absolute atomic E-state index is 0.0860. The molecule has 2 aromatic heterocycles. The second kappa shape index (κ2) is 5.98. The highest BCUT2D eigenvalue weighted by Crippen LogP contribution is 2.34. The van der Waals surface area contributed by atoms with Crippen LogP contribution in [0.2, 0.25) is 0 Å². The van der Waals surface area contributed by atoms with Gasteiger partial charge in [-0.15, -0.1) is 0 Å². The molecule has 1 fully saturated rings. The SMILES string of the molecule is CCc1nc(N)c2c(C(N)=O)cn([C@H]3O[C@@H](CO)[C@@H](O)[C@@H]3O)c2n1. The van der Waals surface area contributed by atoms with E-state index in [1.165, 1.54) is 10.8 Å². The number of hydrogen-bond acceptors (Lipinski definition) is 8. The Kier molecular flexibility index (Phi) is 4.13. The lowest BCUT2D eigenvalue weighted by Crippen LogP contribution is -2.33. The number of aromatic nitrogens is 3. The molecule has 1 aliphatic rings. The number of anilines is 1. The smallest absolute Gasteiger partial charge is 0.251 e. The number of nitrogens with zero attached hydrogens (tertiary/aromatic N) is 3. The van der Waals surface area contributed by atoms with Crippen molar-refractivity contribution in [3.63, 3.8) is 0 Å². The van der Waals surface area contributed by atoms with Crippen molar-refractivity contribution in [3.05, 3.63) is 17.6 Å². The molecule has 3 rings (SSSR count). The summed E-state index contributed by atoms with van der Waals surface area (Å²) in [6.07, 6.45) is -2.74. The van der Waals surface area contributed by atoms with Crippen molar-refractivity contribution in [2.24, 2.45) is 5.73 Å². The third-order valence-electron chi connectivity index (χ3n) is 4.12. The zero-order valence-corrected chi connectivity index (χ0v) is 13.0. The number of nitrogen functional groups attached to an aromatic ring is 1. The summed E-state index contributed by atoms with van der Waals surface area (Å²) >= 11 is 0. The molecule has 0 aromatic carbocycles. The lowest BCUT2D eigenvalue weighted by atomic mass is 10.1. The van der Waals surface area contributed by atoms with E-state index in [2.05, 4.69) is 9.97 Å². The summed E-state index contributed by atoms with van der Waals surface area (Å²) in [7, 11) is 0. The van der Waals surface area contributed by atoms with E-state index in [0.717, 1.165) is 0 Å². The van der Waals surface area contributed by atoms with Crippen molar-refractivity contribution >= 4 is 22.8 Å². The Morgan fingerprint density at radius 1 is 1.38 bits per heavy atom. The molecule has 10 nitrogen and oxygen atoms in total. The number of amides is 1. The number of aliphatic hydroxyl groups excluding tert-OH is 3. The summed E-state index contributed by atoms with van der Waals surface area (Å²) in [5.41, 5.74) is 11.7. The van der Waals surface area contributed by atoms with Crippen LogP contribution in [0.5, 0.6) is 0 Å². The van der Waals surface area contributed by atoms with Crippen LogP contribution in [0, 0.1) is 0 Å². The van der Waals surface area contributed by atoms with Gasteiger partial charge in [-0.2, -0.15) is 0 Å². The molecule has 7 N–H and O–H groups in total. The molecule has 0 spiro atoms. The van der Waals surface area contributed by atoms with E-state index in [4.69, 9.17) is 16.2 Å². The summed E-state index contributed by atoms with van der Waals surface area (Å²) < 4.78 is 6.88. The Balaban J connectivity index is 2.21. The lowest BCUT2D eigenvalue weighted by molar-refractivity contribution is -0.0509. The van der Waals surface area contributed by atoms with Crippen molar-refractivity contribution in [3.8, 4) is 0 Å². The summed E-state index contributed by atoms with van der Waals surface area (Å²) in [4.78, 5) is 20.2. The lowest BCUT2D eigenvalue weighted by Gasteiger charge is -2.17. The van der Waals surface area contributed by atoms with E-state index < -0.39 is 37.1 Å². The molecule has 3 heterocycles. The average Bonchev–Trinajstić information content (AvgIpc) is 3.07. The van der Waals surface area contributed by atoms with Gasteiger partial charge in [0.1, 0.15) is 35.6 Å². The van der Waals surface area contributed by atoms with Crippen LogP contribution in [0.1, 0.15) is 29.3 Å². The van der Waals surface area contributed by atoms with E-state index >= 15 is 0 Å². The Hall–Kier alpha value is -2.27. The fourth-order valence-electron chi connectivity index (χ4n) is 2.87. The molecule has 130 valence electrons. The Bertz CT molecular complexity index is 791. The summed E-state index contributed by atoms with van der Waals surface area (Å²) in [5, 5.41) is 29.6. The van der Waals surface area contributed by atoms with Crippen LogP contribution < -0.4 is 11.5 Å². The minimum Gasteiger partial charge on any atom is -0.394 e. The average molecular weight is 337 g/mol. The fourth-order valence-corrected chi connectivity index (χ4v) is 2.87. The van der Waals surface area contributed by atoms with Crippen molar-refractivity contribution < 1.29 is 24.9 Å². The Labute approximate surface area is 136 Å². The zero-order chi connectivity index (χ0) is 17.6. The minimum atomic E-state index is -1.32. The monoisotopic (exact) mass is 337 g/mol. The second-order valence-electron chi connectivity index (χ2n) is 5.62. The van der Waals surface area contributed by atoms with Crippen LogP contribution in [0.3, 0.4) is 0 Å². The van der Waals surface area contributed by atoms with E-state index in [0.29, 0.717) is 12.2 Å².